The number of hydrogen-bond acceptors (Lipinski definition) is 3. The van der Waals surface area contributed by atoms with E-state index in [0.717, 1.165) is 0 Å². The molecule has 2 aromatic carbocycles. The molecule has 2 N–H and O–H groups in total. The lowest BCUT2D eigenvalue weighted by Crippen LogP contribution is -1.84. The van der Waals surface area contributed by atoms with E-state index in [1.165, 1.54) is 13.2 Å². The minimum Gasteiger partial charge on any atom is -0.507 e. The van der Waals surface area contributed by atoms with Gasteiger partial charge in [0, 0.05) is 17.2 Å². The van der Waals surface area contributed by atoms with E-state index in [1.807, 2.05) is 0 Å². The van der Waals surface area contributed by atoms with Crippen LogP contribution in [-0.2, 0) is 0 Å². The number of aromatic hydroxyl groups is 2. The third kappa shape index (κ3) is 1.80. The van der Waals surface area contributed by atoms with Crippen LogP contribution in [-0.4, -0.2) is 17.3 Å². The van der Waals surface area contributed by atoms with Crippen molar-refractivity contribution >= 4 is 0 Å². The molecule has 82 valence electrons. The van der Waals surface area contributed by atoms with Crippen molar-refractivity contribution in [3.05, 3.63) is 42.5 Å². The molecule has 0 unspecified atom stereocenters. The zero-order valence-electron chi connectivity index (χ0n) is 8.84. The number of hydrogen-bond donors (Lipinski definition) is 2. The Balaban J connectivity index is 2.53. The Morgan fingerprint density at radius 2 is 1.56 bits per heavy atom. The lowest BCUT2D eigenvalue weighted by Gasteiger charge is -2.08. The fourth-order valence-electron chi connectivity index (χ4n) is 1.57. The van der Waals surface area contributed by atoms with Crippen LogP contribution in [0.15, 0.2) is 42.5 Å². The molecule has 0 spiro atoms. The van der Waals surface area contributed by atoms with Crippen LogP contribution >= 0.6 is 0 Å². The molecule has 2 aromatic rings. The van der Waals surface area contributed by atoms with Gasteiger partial charge in [0.25, 0.3) is 0 Å². The van der Waals surface area contributed by atoms with Gasteiger partial charge in [-0.1, -0.05) is 18.2 Å². The zero-order chi connectivity index (χ0) is 11.5. The molecular weight excluding hydrogens is 204 g/mol. The van der Waals surface area contributed by atoms with E-state index >= 15 is 0 Å². The van der Waals surface area contributed by atoms with Crippen LogP contribution in [0.2, 0.25) is 0 Å². The molecule has 0 fully saturated rings. The standard InChI is InChI=1S/C13H12O3/c1-16-9-6-7-11(13(15)8-9)10-4-2-3-5-12(10)14/h2-8,14-15H,1H3. The Morgan fingerprint density at radius 1 is 0.875 bits per heavy atom. The van der Waals surface area contributed by atoms with Gasteiger partial charge < -0.3 is 14.9 Å². The first kappa shape index (κ1) is 10.4. The number of methoxy groups -OCH3 is 1. The van der Waals surface area contributed by atoms with Crippen molar-refractivity contribution in [1.82, 2.24) is 0 Å². The number of phenols is 2. The van der Waals surface area contributed by atoms with Gasteiger partial charge in [0.15, 0.2) is 0 Å². The molecule has 0 aliphatic rings. The lowest BCUT2D eigenvalue weighted by molar-refractivity contribution is 0.408. The van der Waals surface area contributed by atoms with E-state index in [4.69, 9.17) is 4.74 Å². The van der Waals surface area contributed by atoms with Crippen molar-refractivity contribution in [3.63, 3.8) is 0 Å². The SMILES string of the molecule is COc1ccc(-c2ccccc2O)c(O)c1. The van der Waals surface area contributed by atoms with Gasteiger partial charge in [-0.2, -0.15) is 0 Å². The first-order valence-corrected chi connectivity index (χ1v) is 4.87. The molecule has 0 amide bonds. The molecule has 0 atom stereocenters. The van der Waals surface area contributed by atoms with Gasteiger partial charge in [-0.25, -0.2) is 0 Å². The van der Waals surface area contributed by atoms with E-state index < -0.39 is 0 Å². The largest absolute Gasteiger partial charge is 0.507 e. The Morgan fingerprint density at radius 3 is 2.19 bits per heavy atom. The van der Waals surface area contributed by atoms with Gasteiger partial charge >= 0.3 is 0 Å². The molecule has 0 bridgehead atoms. The highest BCUT2D eigenvalue weighted by Crippen LogP contribution is 2.36. The van der Waals surface area contributed by atoms with Crippen LogP contribution < -0.4 is 4.74 Å². The molecule has 2 rings (SSSR count). The predicted molar refractivity (Wildman–Crippen MR) is 61.8 cm³/mol. The number of phenolic OH excluding ortho intramolecular Hbond substituents is 2. The highest BCUT2D eigenvalue weighted by Gasteiger charge is 2.08. The molecule has 0 saturated heterocycles. The number of para-hydroxylation sites is 1. The van der Waals surface area contributed by atoms with E-state index in [2.05, 4.69) is 0 Å². The van der Waals surface area contributed by atoms with E-state index in [9.17, 15) is 10.2 Å². The summed E-state index contributed by atoms with van der Waals surface area (Å²) in [5, 5.41) is 19.5. The molecule has 3 heteroatoms. The summed E-state index contributed by atoms with van der Waals surface area (Å²) in [4.78, 5) is 0. The molecule has 16 heavy (non-hydrogen) atoms. The van der Waals surface area contributed by atoms with Crippen molar-refractivity contribution < 1.29 is 14.9 Å². The summed E-state index contributed by atoms with van der Waals surface area (Å²) < 4.78 is 4.99. The highest BCUT2D eigenvalue weighted by molar-refractivity contribution is 5.75. The predicted octanol–water partition coefficient (Wildman–Crippen LogP) is 2.77. The summed E-state index contributed by atoms with van der Waals surface area (Å²) in [6.45, 7) is 0. The maximum atomic E-state index is 9.81. The third-order valence-electron chi connectivity index (χ3n) is 2.40. The van der Waals surface area contributed by atoms with Crippen molar-refractivity contribution in [2.45, 2.75) is 0 Å². The molecule has 0 aliphatic heterocycles. The lowest BCUT2D eigenvalue weighted by atomic mass is 10.0. The minimum atomic E-state index is 0.0841. The van der Waals surface area contributed by atoms with Crippen molar-refractivity contribution in [3.8, 4) is 28.4 Å². The normalized spacial score (nSPS) is 10.1. The van der Waals surface area contributed by atoms with Gasteiger partial charge in [0.2, 0.25) is 0 Å². The highest BCUT2D eigenvalue weighted by atomic mass is 16.5. The van der Waals surface area contributed by atoms with Crippen LogP contribution in [0.3, 0.4) is 0 Å². The monoisotopic (exact) mass is 216 g/mol. The maximum absolute atomic E-state index is 9.81. The Labute approximate surface area is 93.6 Å². The Kier molecular flexibility index (Phi) is 2.68. The average Bonchev–Trinajstić information content (AvgIpc) is 2.30. The van der Waals surface area contributed by atoms with Gasteiger partial charge in [-0.3, -0.25) is 0 Å². The van der Waals surface area contributed by atoms with Gasteiger partial charge in [0.1, 0.15) is 17.2 Å². The van der Waals surface area contributed by atoms with Crippen LogP contribution in [0.4, 0.5) is 0 Å². The molecule has 0 heterocycles. The molecule has 0 radical (unpaired) electrons. The van der Waals surface area contributed by atoms with Crippen LogP contribution in [0, 0.1) is 0 Å². The summed E-state index contributed by atoms with van der Waals surface area (Å²) in [7, 11) is 1.54. The Bertz CT molecular complexity index is 506. The second-order valence-corrected chi connectivity index (χ2v) is 3.40. The van der Waals surface area contributed by atoms with Crippen molar-refractivity contribution in [2.75, 3.05) is 7.11 Å². The topological polar surface area (TPSA) is 49.7 Å². The van der Waals surface area contributed by atoms with Crippen LogP contribution in [0.25, 0.3) is 11.1 Å². The fraction of sp³-hybridized carbons (Fsp3) is 0.0769. The maximum Gasteiger partial charge on any atom is 0.127 e. The number of rotatable bonds is 2. The second-order valence-electron chi connectivity index (χ2n) is 3.40. The zero-order valence-corrected chi connectivity index (χ0v) is 8.84. The summed E-state index contributed by atoms with van der Waals surface area (Å²) in [6, 6.07) is 11.8. The smallest absolute Gasteiger partial charge is 0.127 e. The van der Waals surface area contributed by atoms with Crippen LogP contribution in [0.5, 0.6) is 17.2 Å². The third-order valence-corrected chi connectivity index (χ3v) is 2.40. The summed E-state index contributed by atoms with van der Waals surface area (Å²) in [5.41, 5.74) is 1.18. The van der Waals surface area contributed by atoms with Crippen molar-refractivity contribution in [1.29, 1.82) is 0 Å². The van der Waals surface area contributed by atoms with E-state index in [0.29, 0.717) is 16.9 Å². The first-order chi connectivity index (χ1) is 7.72. The summed E-state index contributed by atoms with van der Waals surface area (Å²) in [5.74, 6) is 0.806. The van der Waals surface area contributed by atoms with Gasteiger partial charge in [0.05, 0.1) is 7.11 Å². The van der Waals surface area contributed by atoms with Gasteiger partial charge in [-0.05, 0) is 18.2 Å². The van der Waals surface area contributed by atoms with Crippen LogP contribution in [0.1, 0.15) is 0 Å². The average molecular weight is 216 g/mol. The quantitative estimate of drug-likeness (QED) is 0.811. The fourth-order valence-corrected chi connectivity index (χ4v) is 1.57. The minimum absolute atomic E-state index is 0.0841. The molecular formula is C13H12O3. The number of benzene rings is 2. The molecule has 0 aliphatic carbocycles. The summed E-state index contributed by atoms with van der Waals surface area (Å²) in [6.07, 6.45) is 0. The van der Waals surface area contributed by atoms with Crippen molar-refractivity contribution in [2.24, 2.45) is 0 Å². The van der Waals surface area contributed by atoms with E-state index in [-0.39, 0.29) is 11.5 Å². The summed E-state index contributed by atoms with van der Waals surface area (Å²) >= 11 is 0. The van der Waals surface area contributed by atoms with E-state index in [1.54, 1.807) is 36.4 Å². The molecule has 0 saturated carbocycles. The second kappa shape index (κ2) is 4.14. The Hall–Kier alpha value is -2.16. The first-order valence-electron chi connectivity index (χ1n) is 4.87. The van der Waals surface area contributed by atoms with Gasteiger partial charge in [-0.15, -0.1) is 0 Å². The molecule has 0 aromatic heterocycles. The number of ether oxygens (including phenoxy) is 1. The molecule has 3 nitrogen and oxygen atoms in total.